The Bertz CT molecular complexity index is 117. The molecule has 0 radical (unpaired) electrons. The average Bonchev–Trinajstić information content (AvgIpc) is 2.14. The van der Waals surface area contributed by atoms with Crippen molar-refractivity contribution < 1.29 is 0 Å². The van der Waals surface area contributed by atoms with Crippen LogP contribution in [0.4, 0.5) is 0 Å². The maximum absolute atomic E-state index is 2.49. The molecule has 0 aromatic carbocycles. The predicted octanol–water partition coefficient (Wildman–Crippen LogP) is 5.03. The largest absolute Gasteiger partial charge is 0.0654 e. The molecule has 2 unspecified atom stereocenters. The van der Waals surface area contributed by atoms with Gasteiger partial charge in [-0.05, 0) is 24.2 Å². The van der Waals surface area contributed by atoms with Gasteiger partial charge in [0.25, 0.3) is 0 Å². The van der Waals surface area contributed by atoms with Crippen molar-refractivity contribution in [3.8, 4) is 0 Å². The summed E-state index contributed by atoms with van der Waals surface area (Å²) in [4.78, 5) is 0. The van der Waals surface area contributed by atoms with E-state index in [4.69, 9.17) is 0 Å². The highest BCUT2D eigenvalue weighted by Gasteiger charge is 2.27. The third kappa shape index (κ3) is 4.15. The van der Waals surface area contributed by atoms with E-state index in [1.165, 1.54) is 38.5 Å². The summed E-state index contributed by atoms with van der Waals surface area (Å²) in [6.45, 7) is 11.8. The standard InChI is InChI=1S/C13H28/c1-6-9-11-13(5,10-7-2)12(4)8-3/h12H,6-11H2,1-5H3. The van der Waals surface area contributed by atoms with Crippen molar-refractivity contribution in [2.24, 2.45) is 11.3 Å². The van der Waals surface area contributed by atoms with Crippen molar-refractivity contribution in [2.45, 2.75) is 73.1 Å². The minimum Gasteiger partial charge on any atom is -0.0654 e. The molecule has 0 N–H and O–H groups in total. The highest BCUT2D eigenvalue weighted by Crippen LogP contribution is 2.39. The first-order chi connectivity index (χ1) is 6.10. The van der Waals surface area contributed by atoms with Crippen LogP contribution in [-0.4, -0.2) is 0 Å². The highest BCUT2D eigenvalue weighted by molar-refractivity contribution is 4.78. The number of hydrogen-bond acceptors (Lipinski definition) is 0. The van der Waals surface area contributed by atoms with Crippen LogP contribution in [0.25, 0.3) is 0 Å². The van der Waals surface area contributed by atoms with E-state index in [0.717, 1.165) is 5.92 Å². The lowest BCUT2D eigenvalue weighted by Crippen LogP contribution is -2.24. The van der Waals surface area contributed by atoms with Crippen LogP contribution in [0.15, 0.2) is 0 Å². The maximum Gasteiger partial charge on any atom is -0.0300 e. The van der Waals surface area contributed by atoms with Crippen molar-refractivity contribution in [1.29, 1.82) is 0 Å². The summed E-state index contributed by atoms with van der Waals surface area (Å²) in [7, 11) is 0. The van der Waals surface area contributed by atoms with Crippen LogP contribution >= 0.6 is 0 Å². The molecular formula is C13H28. The molecule has 0 saturated heterocycles. The first-order valence-corrected chi connectivity index (χ1v) is 6.10. The minimum atomic E-state index is 0.611. The molecule has 0 spiro atoms. The maximum atomic E-state index is 2.49. The molecule has 0 fully saturated rings. The molecule has 0 heterocycles. The predicted molar refractivity (Wildman–Crippen MR) is 62.0 cm³/mol. The molecule has 0 aromatic heterocycles. The second-order valence-corrected chi connectivity index (χ2v) is 4.82. The Balaban J connectivity index is 4.14. The Morgan fingerprint density at radius 2 is 1.62 bits per heavy atom. The lowest BCUT2D eigenvalue weighted by atomic mass is 9.70. The van der Waals surface area contributed by atoms with E-state index in [-0.39, 0.29) is 0 Å². The van der Waals surface area contributed by atoms with Crippen LogP contribution in [0.3, 0.4) is 0 Å². The monoisotopic (exact) mass is 184 g/mol. The van der Waals surface area contributed by atoms with Crippen LogP contribution in [0.1, 0.15) is 73.1 Å². The average molecular weight is 184 g/mol. The fraction of sp³-hybridized carbons (Fsp3) is 1.00. The summed E-state index contributed by atoms with van der Waals surface area (Å²) < 4.78 is 0. The summed E-state index contributed by atoms with van der Waals surface area (Å²) in [6.07, 6.45) is 8.25. The molecule has 0 nitrogen and oxygen atoms in total. The number of hydrogen-bond donors (Lipinski definition) is 0. The molecule has 2 atom stereocenters. The summed E-state index contributed by atoms with van der Waals surface area (Å²) in [5, 5.41) is 0. The van der Waals surface area contributed by atoms with Gasteiger partial charge in [0, 0.05) is 0 Å². The molecule has 0 aliphatic rings. The van der Waals surface area contributed by atoms with Gasteiger partial charge >= 0.3 is 0 Å². The van der Waals surface area contributed by atoms with Crippen LogP contribution in [-0.2, 0) is 0 Å². The summed E-state index contributed by atoms with van der Waals surface area (Å²) in [6, 6.07) is 0. The first kappa shape index (κ1) is 13.0. The topological polar surface area (TPSA) is 0 Å². The third-order valence-electron chi connectivity index (χ3n) is 3.72. The second-order valence-electron chi connectivity index (χ2n) is 4.82. The molecule has 80 valence electrons. The van der Waals surface area contributed by atoms with Crippen molar-refractivity contribution in [3.63, 3.8) is 0 Å². The van der Waals surface area contributed by atoms with Gasteiger partial charge in [0.15, 0.2) is 0 Å². The van der Waals surface area contributed by atoms with Gasteiger partial charge in [0.05, 0.1) is 0 Å². The molecule has 13 heavy (non-hydrogen) atoms. The molecule has 0 aromatic rings. The fourth-order valence-electron chi connectivity index (χ4n) is 2.26. The molecule has 0 amide bonds. The first-order valence-electron chi connectivity index (χ1n) is 6.10. The zero-order chi connectivity index (χ0) is 10.3. The molecule has 0 aliphatic carbocycles. The smallest absolute Gasteiger partial charge is 0.0300 e. The Morgan fingerprint density at radius 3 is 2.00 bits per heavy atom. The minimum absolute atomic E-state index is 0.611. The number of rotatable bonds is 7. The van der Waals surface area contributed by atoms with Crippen LogP contribution < -0.4 is 0 Å². The Labute approximate surface area is 85.1 Å². The highest BCUT2D eigenvalue weighted by atomic mass is 14.3. The Kier molecular flexibility index (Phi) is 6.45. The summed E-state index contributed by atoms with van der Waals surface area (Å²) >= 11 is 0. The van der Waals surface area contributed by atoms with Gasteiger partial charge in [-0.1, -0.05) is 60.3 Å². The van der Waals surface area contributed by atoms with Crippen LogP contribution in [0, 0.1) is 11.3 Å². The van der Waals surface area contributed by atoms with E-state index in [0.29, 0.717) is 5.41 Å². The van der Waals surface area contributed by atoms with Gasteiger partial charge < -0.3 is 0 Å². The van der Waals surface area contributed by atoms with Crippen molar-refractivity contribution >= 4 is 0 Å². The second kappa shape index (κ2) is 6.45. The normalized spacial score (nSPS) is 18.2. The number of unbranched alkanes of at least 4 members (excludes halogenated alkanes) is 1. The third-order valence-corrected chi connectivity index (χ3v) is 3.72. The molecule has 0 heteroatoms. The van der Waals surface area contributed by atoms with Gasteiger partial charge in [-0.15, -0.1) is 0 Å². The molecule has 0 aliphatic heterocycles. The molecular weight excluding hydrogens is 156 g/mol. The summed E-state index contributed by atoms with van der Waals surface area (Å²) in [5.41, 5.74) is 0.611. The van der Waals surface area contributed by atoms with Gasteiger partial charge in [0.1, 0.15) is 0 Å². The van der Waals surface area contributed by atoms with Gasteiger partial charge in [-0.3, -0.25) is 0 Å². The van der Waals surface area contributed by atoms with Crippen molar-refractivity contribution in [1.82, 2.24) is 0 Å². The van der Waals surface area contributed by atoms with E-state index in [2.05, 4.69) is 34.6 Å². The molecule has 0 rings (SSSR count). The fourth-order valence-corrected chi connectivity index (χ4v) is 2.26. The molecule has 0 saturated carbocycles. The van der Waals surface area contributed by atoms with Crippen LogP contribution in [0.5, 0.6) is 0 Å². The summed E-state index contributed by atoms with van der Waals surface area (Å²) in [5.74, 6) is 0.888. The van der Waals surface area contributed by atoms with Crippen molar-refractivity contribution in [2.75, 3.05) is 0 Å². The molecule has 0 bridgehead atoms. The van der Waals surface area contributed by atoms with Gasteiger partial charge in [0.2, 0.25) is 0 Å². The van der Waals surface area contributed by atoms with E-state index in [9.17, 15) is 0 Å². The Morgan fingerprint density at radius 1 is 1.00 bits per heavy atom. The lowest BCUT2D eigenvalue weighted by Gasteiger charge is -2.35. The van der Waals surface area contributed by atoms with E-state index in [1.807, 2.05) is 0 Å². The zero-order valence-corrected chi connectivity index (χ0v) is 10.3. The van der Waals surface area contributed by atoms with E-state index in [1.54, 1.807) is 0 Å². The lowest BCUT2D eigenvalue weighted by molar-refractivity contribution is 0.156. The van der Waals surface area contributed by atoms with Crippen LogP contribution in [0.2, 0.25) is 0 Å². The quantitative estimate of drug-likeness (QED) is 0.520. The van der Waals surface area contributed by atoms with Gasteiger partial charge in [-0.25, -0.2) is 0 Å². The van der Waals surface area contributed by atoms with Crippen molar-refractivity contribution in [3.05, 3.63) is 0 Å². The zero-order valence-electron chi connectivity index (χ0n) is 10.3. The van der Waals surface area contributed by atoms with Gasteiger partial charge in [-0.2, -0.15) is 0 Å². The SMILES string of the molecule is CCCCC(C)(CCC)C(C)CC. The van der Waals surface area contributed by atoms with E-state index >= 15 is 0 Å². The van der Waals surface area contributed by atoms with E-state index < -0.39 is 0 Å². The Hall–Kier alpha value is 0.